The molecule has 0 amide bonds. The summed E-state index contributed by atoms with van der Waals surface area (Å²) in [5.74, 6) is -1.51. The zero-order chi connectivity index (χ0) is 15.4. The second-order valence-electron chi connectivity index (χ2n) is 3.58. The second-order valence-corrected chi connectivity index (χ2v) is 5.06. The molecule has 0 saturated carbocycles. The molecule has 0 aromatic heterocycles. The summed E-state index contributed by atoms with van der Waals surface area (Å²) in [6, 6.07) is 0. The number of rotatable bonds is 5. The van der Waals surface area contributed by atoms with Crippen molar-refractivity contribution in [2.45, 2.75) is 26.9 Å². The van der Waals surface area contributed by atoms with Crippen molar-refractivity contribution >= 4 is 28.7 Å². The van der Waals surface area contributed by atoms with Crippen LogP contribution in [0.4, 0.5) is 0 Å². The monoisotopic (exact) mass is 296 g/mol. The summed E-state index contributed by atoms with van der Waals surface area (Å²) in [7, 11) is -0.611. The minimum absolute atomic E-state index is 0.123. The van der Waals surface area contributed by atoms with E-state index in [4.69, 9.17) is 4.74 Å². The van der Waals surface area contributed by atoms with Crippen molar-refractivity contribution in [3.63, 3.8) is 0 Å². The van der Waals surface area contributed by atoms with E-state index in [1.807, 2.05) is 0 Å². The Bertz CT molecular complexity index is 305. The van der Waals surface area contributed by atoms with Gasteiger partial charge in [-0.2, -0.15) is 0 Å². The second kappa shape index (κ2) is 11.6. The Kier molecular flexibility index (Phi) is 12.2. The molecule has 112 valence electrons. The van der Waals surface area contributed by atoms with Crippen molar-refractivity contribution in [3.05, 3.63) is 0 Å². The molecule has 0 bridgehead atoms. The molecule has 0 aromatic rings. The summed E-state index contributed by atoms with van der Waals surface area (Å²) in [6.07, 6.45) is 2.52. The molecule has 0 heterocycles. The molecule has 0 radical (unpaired) electrons. The summed E-state index contributed by atoms with van der Waals surface area (Å²) in [5.41, 5.74) is 0. The highest BCUT2D eigenvalue weighted by Crippen LogP contribution is 1.97. The third-order valence-corrected chi connectivity index (χ3v) is 1.28. The average molecular weight is 296 g/mol. The van der Waals surface area contributed by atoms with E-state index in [1.54, 1.807) is 12.5 Å². The fourth-order valence-corrected chi connectivity index (χ4v) is 0.771. The van der Waals surface area contributed by atoms with Crippen LogP contribution in [0.5, 0.6) is 0 Å². The number of ether oxygens (including phenoxy) is 3. The van der Waals surface area contributed by atoms with E-state index in [1.165, 1.54) is 20.8 Å². The molecule has 7 nitrogen and oxygen atoms in total. The highest BCUT2D eigenvalue weighted by Gasteiger charge is 2.15. The fourth-order valence-electron chi connectivity index (χ4n) is 0.771. The van der Waals surface area contributed by atoms with Gasteiger partial charge in [0.25, 0.3) is 0 Å². The van der Waals surface area contributed by atoms with Crippen LogP contribution in [0.25, 0.3) is 0 Å². The molecule has 8 heteroatoms. The van der Waals surface area contributed by atoms with Gasteiger partial charge in [0.15, 0.2) is 6.10 Å². The van der Waals surface area contributed by atoms with E-state index in [0.29, 0.717) is 0 Å². The normalized spacial score (nSPS) is 9.42. The topological polar surface area (TPSA) is 96.0 Å². The zero-order valence-electron chi connectivity index (χ0n) is 11.8. The Balaban J connectivity index is 0. The van der Waals surface area contributed by atoms with Crippen molar-refractivity contribution < 1.29 is 32.8 Å². The lowest BCUT2D eigenvalue weighted by Gasteiger charge is -2.15. The molecule has 0 aromatic carbocycles. The molecular weight excluding hydrogens is 276 g/mol. The third kappa shape index (κ3) is 22.3. The lowest BCUT2D eigenvalue weighted by atomic mass is 10.4. The van der Waals surface area contributed by atoms with Gasteiger partial charge in [0.05, 0.1) is 0 Å². The van der Waals surface area contributed by atoms with Crippen LogP contribution in [0.3, 0.4) is 0 Å². The van der Waals surface area contributed by atoms with E-state index in [0.717, 1.165) is 0 Å². The zero-order valence-corrected chi connectivity index (χ0v) is 12.6. The van der Waals surface area contributed by atoms with Gasteiger partial charge >= 0.3 is 17.9 Å². The number of carbonyl (C=O) groups is 3. The minimum atomic E-state index is -0.754. The molecule has 0 aliphatic heterocycles. The lowest BCUT2D eigenvalue weighted by Crippen LogP contribution is -2.29. The van der Waals surface area contributed by atoms with Crippen molar-refractivity contribution in [2.75, 3.05) is 25.7 Å². The number of carbonyl (C=O) groups excluding carboxylic acids is 3. The summed E-state index contributed by atoms with van der Waals surface area (Å²) < 4.78 is 23.6. The van der Waals surface area contributed by atoms with E-state index >= 15 is 0 Å². The molecule has 0 aliphatic rings. The SMILES string of the molecule is CC(=O)OCC(COC(C)=O)OC(C)=O.CS(C)=O. The third-order valence-electron chi connectivity index (χ3n) is 1.28. The van der Waals surface area contributed by atoms with Gasteiger partial charge in [0, 0.05) is 44.1 Å². The van der Waals surface area contributed by atoms with Gasteiger partial charge in [-0.15, -0.1) is 0 Å². The van der Waals surface area contributed by atoms with Crippen LogP contribution in [0.15, 0.2) is 0 Å². The molecule has 0 atom stereocenters. The van der Waals surface area contributed by atoms with Crippen LogP contribution in [0.1, 0.15) is 20.8 Å². The standard InChI is InChI=1S/C9H14O6.C2H6OS/c1-6(10)13-4-9(15-8(3)12)5-14-7(2)11;1-4(2)3/h9H,4-5H2,1-3H3;1-2H3. The first kappa shape index (κ1) is 19.9. The maximum absolute atomic E-state index is 10.6. The highest BCUT2D eigenvalue weighted by atomic mass is 32.2. The van der Waals surface area contributed by atoms with Crippen LogP contribution in [-0.4, -0.2) is 53.9 Å². The Hall–Kier alpha value is -1.44. The highest BCUT2D eigenvalue weighted by molar-refractivity contribution is 7.83. The summed E-state index contributed by atoms with van der Waals surface area (Å²) in [6.45, 7) is 3.44. The average Bonchev–Trinajstić information content (AvgIpc) is 2.20. The Morgan fingerprint density at radius 1 is 0.895 bits per heavy atom. The minimum Gasteiger partial charge on any atom is -0.462 e. The molecule has 0 unspecified atom stereocenters. The van der Waals surface area contributed by atoms with Crippen molar-refractivity contribution in [2.24, 2.45) is 0 Å². The van der Waals surface area contributed by atoms with Crippen LogP contribution in [0.2, 0.25) is 0 Å². The molecule has 0 spiro atoms. The maximum Gasteiger partial charge on any atom is 0.303 e. The first-order valence-corrected chi connectivity index (χ1v) is 7.30. The van der Waals surface area contributed by atoms with Gasteiger partial charge in [-0.05, 0) is 0 Å². The van der Waals surface area contributed by atoms with Gasteiger partial charge in [0.2, 0.25) is 0 Å². The van der Waals surface area contributed by atoms with Gasteiger partial charge in [-0.1, -0.05) is 0 Å². The largest absolute Gasteiger partial charge is 0.462 e. The predicted octanol–water partition coefficient (Wildman–Crippen LogP) is 0.0390. The molecule has 0 aliphatic carbocycles. The molecule has 0 rings (SSSR count). The van der Waals surface area contributed by atoms with Crippen molar-refractivity contribution in [1.82, 2.24) is 0 Å². The van der Waals surface area contributed by atoms with Crippen LogP contribution >= 0.6 is 0 Å². The first-order valence-electron chi connectivity index (χ1n) is 5.34. The molecule has 0 fully saturated rings. The molecular formula is C11H20O7S. The number of esters is 3. The Morgan fingerprint density at radius 2 is 1.21 bits per heavy atom. The fraction of sp³-hybridized carbons (Fsp3) is 0.727. The summed E-state index contributed by atoms with van der Waals surface area (Å²) in [5, 5.41) is 0. The number of hydrogen-bond donors (Lipinski definition) is 0. The van der Waals surface area contributed by atoms with Gasteiger partial charge < -0.3 is 14.2 Å². The van der Waals surface area contributed by atoms with E-state index in [2.05, 4.69) is 9.47 Å². The van der Waals surface area contributed by atoms with E-state index in [9.17, 15) is 18.6 Å². The van der Waals surface area contributed by atoms with E-state index in [-0.39, 0.29) is 13.2 Å². The van der Waals surface area contributed by atoms with Crippen LogP contribution in [-0.2, 0) is 39.4 Å². The summed E-state index contributed by atoms with van der Waals surface area (Å²) in [4.78, 5) is 31.6. The van der Waals surface area contributed by atoms with Gasteiger partial charge in [-0.25, -0.2) is 0 Å². The van der Waals surface area contributed by atoms with Gasteiger partial charge in [-0.3, -0.25) is 18.6 Å². The smallest absolute Gasteiger partial charge is 0.303 e. The Morgan fingerprint density at radius 3 is 1.42 bits per heavy atom. The summed E-state index contributed by atoms with van der Waals surface area (Å²) >= 11 is 0. The van der Waals surface area contributed by atoms with Crippen LogP contribution in [0, 0.1) is 0 Å². The Labute approximate surface area is 115 Å². The first-order chi connectivity index (χ1) is 8.65. The quantitative estimate of drug-likeness (QED) is 0.522. The molecule has 19 heavy (non-hydrogen) atoms. The molecule has 0 saturated heterocycles. The predicted molar refractivity (Wildman–Crippen MR) is 68.8 cm³/mol. The van der Waals surface area contributed by atoms with Gasteiger partial charge in [0.1, 0.15) is 13.2 Å². The van der Waals surface area contributed by atoms with Crippen LogP contribution < -0.4 is 0 Å². The lowest BCUT2D eigenvalue weighted by molar-refractivity contribution is -0.163. The maximum atomic E-state index is 10.6. The van der Waals surface area contributed by atoms with E-state index < -0.39 is 34.8 Å². The molecule has 0 N–H and O–H groups in total. The number of hydrogen-bond acceptors (Lipinski definition) is 7. The van der Waals surface area contributed by atoms with Crippen molar-refractivity contribution in [1.29, 1.82) is 0 Å². The van der Waals surface area contributed by atoms with Crippen molar-refractivity contribution in [3.8, 4) is 0 Å².